The van der Waals surface area contributed by atoms with Crippen molar-refractivity contribution < 1.29 is 22.9 Å². The Kier molecular flexibility index (Phi) is 9.29. The maximum atomic E-state index is 6.13. The molecular weight excluding hydrogens is 377 g/mol. The summed E-state index contributed by atoms with van der Waals surface area (Å²) >= 11 is -0.488. The molecule has 2 aromatic rings. The molecule has 0 N–H and O–H groups in total. The first kappa shape index (κ1) is 21.4. The summed E-state index contributed by atoms with van der Waals surface area (Å²) in [6.07, 6.45) is 5.61. The van der Waals surface area contributed by atoms with Crippen molar-refractivity contribution in [3.05, 3.63) is 69.6 Å². The Morgan fingerprint density at radius 1 is 1.04 bits per heavy atom. The van der Waals surface area contributed by atoms with Gasteiger partial charge in [-0.2, -0.15) is 0 Å². The summed E-state index contributed by atoms with van der Waals surface area (Å²) < 4.78 is 7.67. The first-order chi connectivity index (χ1) is 10.7. The van der Waals surface area contributed by atoms with Gasteiger partial charge < -0.3 is 0 Å². The normalized spacial score (nSPS) is 13.1. The number of nitrogens with zero attached hydrogens (tertiary/aromatic N) is 1. The molecule has 3 rings (SSSR count). The molecule has 128 valence electrons. The monoisotopic (exact) mass is 399 g/mol. The van der Waals surface area contributed by atoms with Crippen molar-refractivity contribution in [1.29, 1.82) is 0 Å². The van der Waals surface area contributed by atoms with Crippen molar-refractivity contribution in [2.24, 2.45) is 0 Å². The van der Waals surface area contributed by atoms with Crippen molar-refractivity contribution in [2.45, 2.75) is 13.0 Å². The summed E-state index contributed by atoms with van der Waals surface area (Å²) in [5, 5.41) is 2.60. The molecule has 0 fully saturated rings. The Hall–Kier alpha value is -0.606. The Morgan fingerprint density at radius 3 is 2.58 bits per heavy atom. The van der Waals surface area contributed by atoms with Crippen LogP contribution in [0, 0.1) is 0 Å². The summed E-state index contributed by atoms with van der Waals surface area (Å²) in [4.78, 5) is 2.22. The summed E-state index contributed by atoms with van der Waals surface area (Å²) in [5.41, 5.74) is 2.76. The van der Waals surface area contributed by atoms with Crippen molar-refractivity contribution in [3.63, 3.8) is 0 Å². The maximum absolute atomic E-state index is 6.13. The number of hydrogen-bond donors (Lipinski definition) is 0. The predicted octanol–water partition coefficient (Wildman–Crippen LogP) is 4.97. The van der Waals surface area contributed by atoms with Gasteiger partial charge in [-0.15, -0.1) is 24.8 Å². The van der Waals surface area contributed by atoms with Crippen LogP contribution in [0.5, 0.6) is 0 Å². The molecule has 24 heavy (non-hydrogen) atoms. The van der Waals surface area contributed by atoms with Gasteiger partial charge >= 0.3 is 142 Å². The van der Waals surface area contributed by atoms with Crippen LogP contribution in [0.3, 0.4) is 0 Å². The summed E-state index contributed by atoms with van der Waals surface area (Å²) in [6.45, 7) is 1.74. The molecule has 0 saturated heterocycles. The second-order valence-corrected chi connectivity index (χ2v) is 7.59. The second kappa shape index (κ2) is 10.4. The van der Waals surface area contributed by atoms with E-state index in [1.54, 1.807) is 0 Å². The van der Waals surface area contributed by atoms with Gasteiger partial charge in [-0.05, 0) is 0 Å². The molecule has 2 nitrogen and oxygen atoms in total. The Bertz CT molecular complexity index is 723. The molecule has 0 unspecified atom stereocenters. The fourth-order valence-electron chi connectivity index (χ4n) is 2.77. The van der Waals surface area contributed by atoms with Crippen molar-refractivity contribution in [2.75, 3.05) is 20.6 Å². The van der Waals surface area contributed by atoms with E-state index in [4.69, 9.17) is 3.32 Å². The minimum Gasteiger partial charge on any atom is -0.147 e. The number of rotatable bonds is 6. The minimum absolute atomic E-state index is 0. The van der Waals surface area contributed by atoms with E-state index in [0.29, 0.717) is 0 Å². The van der Waals surface area contributed by atoms with Crippen LogP contribution in [-0.4, -0.2) is 25.5 Å². The van der Waals surface area contributed by atoms with E-state index in [0.717, 1.165) is 19.6 Å². The molecule has 0 aliphatic heterocycles. The molecule has 2 aromatic carbocycles. The predicted molar refractivity (Wildman–Crippen MR) is 103 cm³/mol. The van der Waals surface area contributed by atoms with Crippen molar-refractivity contribution in [1.82, 2.24) is 4.90 Å². The Morgan fingerprint density at radius 2 is 1.79 bits per heavy atom. The quantitative estimate of drug-likeness (QED) is 0.635. The molecule has 0 saturated carbocycles. The number of benzene rings is 2. The average Bonchev–Trinajstić information content (AvgIpc) is 2.94. The number of fused-ring (bicyclic) bond motifs is 1. The average molecular weight is 400 g/mol. The van der Waals surface area contributed by atoms with E-state index in [2.05, 4.69) is 73.6 Å². The zero-order valence-corrected chi connectivity index (χ0v) is 17.2. The standard InChI is InChI=1S/C11H9O.C8H12N.2ClH.Ti/c12-8-10-6-3-5-9-4-1-2-7-11(9)10;1-9(2)7-8-5-3-4-6-8;;;/h1-7H,8H2;3,5H,4,7H2,1-2H3;2*1H;/q-1;;;;+1. The molecule has 0 spiro atoms. The topological polar surface area (TPSA) is 12.5 Å². The van der Waals surface area contributed by atoms with E-state index in [-0.39, 0.29) is 24.8 Å². The van der Waals surface area contributed by atoms with E-state index >= 15 is 0 Å². The molecule has 0 aromatic heterocycles. The van der Waals surface area contributed by atoms with Gasteiger partial charge in [-0.1, -0.05) is 0 Å². The number of allylic oxidation sites excluding steroid dienone is 2. The van der Waals surface area contributed by atoms with Crippen LogP contribution in [0.4, 0.5) is 0 Å². The number of likely N-dealkylation sites (N-methyl/N-ethyl adjacent to an activating group) is 1. The van der Waals surface area contributed by atoms with Gasteiger partial charge in [0.25, 0.3) is 0 Å². The Balaban J connectivity index is 0.00000144. The molecule has 1 aliphatic carbocycles. The van der Waals surface area contributed by atoms with Crippen LogP contribution in [0.1, 0.15) is 12.0 Å². The molecule has 0 radical (unpaired) electrons. The summed E-state index contributed by atoms with van der Waals surface area (Å²) in [5.74, 6) is 0. The van der Waals surface area contributed by atoms with Crippen LogP contribution >= 0.6 is 24.8 Å². The summed E-state index contributed by atoms with van der Waals surface area (Å²) in [7, 11) is 4.24. The number of hydrogen-bond acceptors (Lipinski definition) is 2. The van der Waals surface area contributed by atoms with Gasteiger partial charge in [0, 0.05) is 0 Å². The zero-order valence-electron chi connectivity index (χ0n) is 14.0. The largest absolute Gasteiger partial charge is 0.147 e. The second-order valence-electron chi connectivity index (χ2n) is 5.88. The van der Waals surface area contributed by atoms with Crippen molar-refractivity contribution in [3.8, 4) is 0 Å². The van der Waals surface area contributed by atoms with Gasteiger partial charge in [0.1, 0.15) is 0 Å². The minimum atomic E-state index is -0.488. The van der Waals surface area contributed by atoms with E-state index < -0.39 is 19.5 Å². The number of halogens is 2. The van der Waals surface area contributed by atoms with Crippen molar-refractivity contribution >= 4 is 35.6 Å². The van der Waals surface area contributed by atoms with E-state index in [1.165, 1.54) is 25.8 Å². The van der Waals surface area contributed by atoms with Crippen LogP contribution in [0.2, 0.25) is 0 Å². The smallest absolute Gasteiger partial charge is 0.147 e. The molecule has 0 bridgehead atoms. The van der Waals surface area contributed by atoms with Crippen LogP contribution < -0.4 is 0 Å². The van der Waals surface area contributed by atoms with Crippen LogP contribution in [0.25, 0.3) is 10.8 Å². The van der Waals surface area contributed by atoms with Gasteiger partial charge in [-0.3, -0.25) is 0 Å². The molecule has 1 aliphatic rings. The van der Waals surface area contributed by atoms with Crippen LogP contribution in [-0.2, 0) is 29.5 Å². The third-order valence-electron chi connectivity index (χ3n) is 3.82. The summed E-state index contributed by atoms with van der Waals surface area (Å²) in [6, 6.07) is 15.0. The van der Waals surface area contributed by atoms with Gasteiger partial charge in [-0.25, -0.2) is 0 Å². The molecule has 5 heteroatoms. The molecular formula is C19H23Cl2NOTi. The Labute approximate surface area is 166 Å². The fourth-order valence-corrected chi connectivity index (χ4v) is 4.17. The third-order valence-corrected chi connectivity index (χ3v) is 5.47. The van der Waals surface area contributed by atoms with E-state index in [9.17, 15) is 0 Å². The fraction of sp³-hybridized carbons (Fsp3) is 0.263. The van der Waals surface area contributed by atoms with Crippen LogP contribution in [0.15, 0.2) is 64.1 Å². The SMILES string of the molecule is CN(C)CC1=[C]([Ti][O]Cc2cccc3ccccc23)CC=C1.Cl.Cl. The zero-order chi connectivity index (χ0) is 15.4. The van der Waals surface area contributed by atoms with Gasteiger partial charge in [0.2, 0.25) is 0 Å². The molecule has 0 heterocycles. The maximum Gasteiger partial charge on any atom is -0.147 e. The first-order valence-corrected chi connectivity index (χ1v) is 9.03. The van der Waals surface area contributed by atoms with E-state index in [1.807, 2.05) is 0 Å². The molecule has 0 atom stereocenters. The molecule has 0 amide bonds. The first-order valence-electron chi connectivity index (χ1n) is 7.62. The van der Waals surface area contributed by atoms with Gasteiger partial charge in [0.15, 0.2) is 0 Å². The third kappa shape index (κ3) is 5.45. The van der Waals surface area contributed by atoms with Gasteiger partial charge in [0.05, 0.1) is 0 Å².